The number of aliphatic hydroxyl groups is 1. The fourth-order valence-corrected chi connectivity index (χ4v) is 5.60. The quantitative estimate of drug-likeness (QED) is 0.186. The summed E-state index contributed by atoms with van der Waals surface area (Å²) < 4.78 is 41.9. The van der Waals surface area contributed by atoms with Gasteiger partial charge in [-0.1, -0.05) is 36.4 Å². The number of primary sulfonamides is 1. The van der Waals surface area contributed by atoms with Crippen LogP contribution in [0, 0.1) is 5.82 Å². The van der Waals surface area contributed by atoms with Crippen molar-refractivity contribution in [1.29, 1.82) is 0 Å². The molecule has 0 spiro atoms. The second-order valence-corrected chi connectivity index (χ2v) is 12.1. The molecule has 1 heterocycles. The van der Waals surface area contributed by atoms with E-state index in [1.807, 2.05) is 0 Å². The number of nitrogens with zero attached hydrogens (tertiary/aromatic N) is 1. The Morgan fingerprint density at radius 1 is 1.05 bits per heavy atom. The largest absolute Gasteiger partial charge is 0.395 e. The molecule has 42 heavy (non-hydrogen) atoms. The van der Waals surface area contributed by atoms with E-state index >= 15 is 0 Å². The van der Waals surface area contributed by atoms with Crippen LogP contribution in [-0.2, 0) is 39.1 Å². The topological polar surface area (TPSA) is 134 Å². The zero-order chi connectivity index (χ0) is 30.0. The van der Waals surface area contributed by atoms with Gasteiger partial charge in [0.1, 0.15) is 12.4 Å². The first-order valence-electron chi connectivity index (χ1n) is 14.1. The van der Waals surface area contributed by atoms with Crippen molar-refractivity contribution in [3.63, 3.8) is 0 Å². The van der Waals surface area contributed by atoms with Crippen LogP contribution in [0.15, 0.2) is 71.6 Å². The van der Waals surface area contributed by atoms with Crippen LogP contribution in [0.4, 0.5) is 10.1 Å². The Balaban J connectivity index is 1.17. The molecule has 0 aliphatic carbocycles. The number of carbonyl (C=O) groups excluding carboxylic acids is 1. The maximum Gasteiger partial charge on any atom is 0.246 e. The molecule has 3 aromatic rings. The van der Waals surface area contributed by atoms with Gasteiger partial charge < -0.3 is 20.5 Å². The summed E-state index contributed by atoms with van der Waals surface area (Å²) >= 11 is 0. The van der Waals surface area contributed by atoms with Gasteiger partial charge in [0, 0.05) is 37.8 Å². The van der Waals surface area contributed by atoms with Gasteiger partial charge in [-0.05, 0) is 78.4 Å². The standard InChI is InChI=1S/C31H39FN4O5S/c32-27-9-7-25(8-10-27)21-41-22-31(38)34-14-1-2-23-3-5-24(6-4-23)20-36(16-17-37)15-13-26-19-35-30-12-11-28(18-29(26)30)42(33,39)40/h3-12,18,26,35,37H,1-2,13-17,19-22H2,(H,34,38)(H2,33,39,40). The smallest absolute Gasteiger partial charge is 0.246 e. The van der Waals surface area contributed by atoms with Crippen molar-refractivity contribution in [3.05, 3.63) is 94.8 Å². The summed E-state index contributed by atoms with van der Waals surface area (Å²) in [7, 11) is -3.76. The maximum atomic E-state index is 12.9. The van der Waals surface area contributed by atoms with Gasteiger partial charge in [-0.15, -0.1) is 0 Å². The predicted molar refractivity (Wildman–Crippen MR) is 160 cm³/mol. The Hall–Kier alpha value is -3.35. The van der Waals surface area contributed by atoms with Gasteiger partial charge in [0.2, 0.25) is 15.9 Å². The Morgan fingerprint density at radius 2 is 1.76 bits per heavy atom. The minimum atomic E-state index is -3.76. The summed E-state index contributed by atoms with van der Waals surface area (Å²) in [6.45, 7) is 3.52. The molecular weight excluding hydrogens is 559 g/mol. The second-order valence-electron chi connectivity index (χ2n) is 10.5. The predicted octanol–water partition coefficient (Wildman–Crippen LogP) is 3.13. The van der Waals surface area contributed by atoms with Crippen LogP contribution in [0.1, 0.15) is 41.0 Å². The van der Waals surface area contributed by atoms with Gasteiger partial charge in [0.05, 0.1) is 18.1 Å². The average molecular weight is 599 g/mol. The number of rotatable bonds is 16. The molecular formula is C31H39FN4O5S. The molecule has 0 bridgehead atoms. The molecule has 3 aromatic carbocycles. The molecule has 0 saturated carbocycles. The van der Waals surface area contributed by atoms with E-state index in [4.69, 9.17) is 9.88 Å². The Kier molecular flexibility index (Phi) is 11.4. The summed E-state index contributed by atoms with van der Waals surface area (Å²) in [6, 6.07) is 19.3. The first-order chi connectivity index (χ1) is 20.2. The second kappa shape index (κ2) is 15.2. The zero-order valence-electron chi connectivity index (χ0n) is 23.6. The number of carbonyl (C=O) groups is 1. The molecule has 1 amide bonds. The summed E-state index contributed by atoms with van der Waals surface area (Å²) in [5.74, 6) is -0.328. The number of fused-ring (bicyclic) bond motifs is 1. The summed E-state index contributed by atoms with van der Waals surface area (Å²) in [5, 5.41) is 21.1. The van der Waals surface area contributed by atoms with Crippen LogP contribution in [0.5, 0.6) is 0 Å². The van der Waals surface area contributed by atoms with Crippen molar-refractivity contribution in [2.75, 3.05) is 44.7 Å². The number of nitrogens with one attached hydrogen (secondary N) is 2. The van der Waals surface area contributed by atoms with Gasteiger partial charge >= 0.3 is 0 Å². The fraction of sp³-hybridized carbons (Fsp3) is 0.387. The van der Waals surface area contributed by atoms with Crippen LogP contribution >= 0.6 is 0 Å². The molecule has 0 radical (unpaired) electrons. The summed E-state index contributed by atoms with van der Waals surface area (Å²) in [6.07, 6.45) is 2.44. The van der Waals surface area contributed by atoms with E-state index in [1.54, 1.807) is 24.3 Å². The molecule has 0 saturated heterocycles. The van der Waals surface area contributed by atoms with Crippen LogP contribution in [0.3, 0.4) is 0 Å². The van der Waals surface area contributed by atoms with Crippen LogP contribution in [0.2, 0.25) is 0 Å². The van der Waals surface area contributed by atoms with E-state index in [2.05, 4.69) is 39.8 Å². The number of benzene rings is 3. The summed E-state index contributed by atoms with van der Waals surface area (Å²) in [5.41, 5.74) is 5.02. The first-order valence-corrected chi connectivity index (χ1v) is 15.7. The van der Waals surface area contributed by atoms with Crippen molar-refractivity contribution < 1.29 is 27.4 Å². The lowest BCUT2D eigenvalue weighted by Gasteiger charge is -2.23. The van der Waals surface area contributed by atoms with Gasteiger partial charge in [0.25, 0.3) is 0 Å². The van der Waals surface area contributed by atoms with Gasteiger partial charge in [0.15, 0.2) is 0 Å². The summed E-state index contributed by atoms with van der Waals surface area (Å²) in [4.78, 5) is 14.3. The van der Waals surface area contributed by atoms with Crippen LogP contribution in [-0.4, -0.2) is 63.7 Å². The Labute approximate surface area is 246 Å². The number of anilines is 1. The normalized spacial score (nSPS) is 14.5. The fourth-order valence-electron chi connectivity index (χ4n) is 5.05. The van der Waals surface area contributed by atoms with E-state index in [0.717, 1.165) is 54.7 Å². The highest BCUT2D eigenvalue weighted by atomic mass is 32.2. The van der Waals surface area contributed by atoms with Crippen molar-refractivity contribution in [1.82, 2.24) is 10.2 Å². The molecule has 9 nitrogen and oxygen atoms in total. The average Bonchev–Trinajstić information content (AvgIpc) is 3.38. The number of hydrogen-bond acceptors (Lipinski definition) is 7. The lowest BCUT2D eigenvalue weighted by atomic mass is 9.97. The number of sulfonamides is 1. The van der Waals surface area contributed by atoms with E-state index in [1.165, 1.54) is 23.8 Å². The number of ether oxygens (including phenoxy) is 1. The molecule has 11 heteroatoms. The lowest BCUT2D eigenvalue weighted by molar-refractivity contribution is -0.126. The van der Waals surface area contributed by atoms with Crippen LogP contribution < -0.4 is 15.8 Å². The van der Waals surface area contributed by atoms with Crippen molar-refractivity contribution >= 4 is 21.6 Å². The number of amides is 1. The van der Waals surface area contributed by atoms with Gasteiger partial charge in [-0.2, -0.15) is 0 Å². The van der Waals surface area contributed by atoms with E-state index in [0.29, 0.717) is 19.6 Å². The number of halogens is 1. The monoisotopic (exact) mass is 598 g/mol. The minimum absolute atomic E-state index is 0.0448. The van der Waals surface area contributed by atoms with E-state index in [-0.39, 0.29) is 42.4 Å². The highest BCUT2D eigenvalue weighted by Crippen LogP contribution is 2.35. The Bertz CT molecular complexity index is 1420. The minimum Gasteiger partial charge on any atom is -0.395 e. The molecule has 1 atom stereocenters. The Morgan fingerprint density at radius 3 is 2.48 bits per heavy atom. The molecule has 0 aromatic heterocycles. The SMILES string of the molecule is NS(=O)(=O)c1ccc2c(c1)C(CCN(CCO)Cc1ccc(CCCNC(=O)COCc3ccc(F)cc3)cc1)CN2. The first kappa shape index (κ1) is 31.6. The van der Waals surface area contributed by atoms with E-state index in [9.17, 15) is 22.7 Å². The van der Waals surface area contributed by atoms with Gasteiger partial charge in [-0.3, -0.25) is 9.69 Å². The van der Waals surface area contributed by atoms with Gasteiger partial charge in [-0.25, -0.2) is 17.9 Å². The number of aryl methyl sites for hydroxylation is 1. The molecule has 1 aliphatic heterocycles. The molecule has 1 aliphatic rings. The maximum absolute atomic E-state index is 12.9. The zero-order valence-corrected chi connectivity index (χ0v) is 24.4. The van der Waals surface area contributed by atoms with Crippen molar-refractivity contribution in [2.24, 2.45) is 5.14 Å². The highest BCUT2D eigenvalue weighted by Gasteiger charge is 2.24. The van der Waals surface area contributed by atoms with Crippen LogP contribution in [0.25, 0.3) is 0 Å². The molecule has 226 valence electrons. The number of nitrogens with two attached hydrogens (primary N) is 1. The molecule has 5 N–H and O–H groups in total. The number of hydrogen-bond donors (Lipinski definition) is 4. The highest BCUT2D eigenvalue weighted by molar-refractivity contribution is 7.89. The van der Waals surface area contributed by atoms with Crippen molar-refractivity contribution in [3.8, 4) is 0 Å². The molecule has 1 unspecified atom stereocenters. The third-order valence-electron chi connectivity index (χ3n) is 7.35. The van der Waals surface area contributed by atoms with Crippen molar-refractivity contribution in [2.45, 2.75) is 43.2 Å². The molecule has 0 fully saturated rings. The lowest BCUT2D eigenvalue weighted by Crippen LogP contribution is -2.29. The third kappa shape index (κ3) is 9.60. The number of aliphatic hydroxyl groups excluding tert-OH is 1. The molecule has 4 rings (SSSR count). The van der Waals surface area contributed by atoms with E-state index < -0.39 is 10.0 Å². The third-order valence-corrected chi connectivity index (χ3v) is 8.26.